The normalized spacial score (nSPS) is 41.1. The van der Waals surface area contributed by atoms with Crippen molar-refractivity contribution in [2.45, 2.75) is 39.7 Å². The fraction of sp³-hybridized carbons (Fsp3) is 0.778. The average molecular weight is 140 g/mol. The maximum Gasteiger partial charge on any atom is 0.0718 e. The minimum atomic E-state index is -0.478. The minimum Gasteiger partial charge on any atom is -0.389 e. The molecule has 1 heteroatoms. The van der Waals surface area contributed by atoms with Crippen molar-refractivity contribution in [3.05, 3.63) is 11.1 Å². The smallest absolute Gasteiger partial charge is 0.0718 e. The van der Waals surface area contributed by atoms with Gasteiger partial charge in [-0.15, -0.1) is 0 Å². The van der Waals surface area contributed by atoms with E-state index in [2.05, 4.69) is 20.8 Å². The zero-order chi connectivity index (χ0) is 7.94. The van der Waals surface area contributed by atoms with E-state index in [1.54, 1.807) is 0 Å². The van der Waals surface area contributed by atoms with Gasteiger partial charge in [0.2, 0.25) is 0 Å². The van der Waals surface area contributed by atoms with Crippen molar-refractivity contribution in [3.63, 3.8) is 0 Å². The Labute approximate surface area is 62.8 Å². The first-order valence-electron chi connectivity index (χ1n) is 3.84. The van der Waals surface area contributed by atoms with Crippen LogP contribution in [0, 0.1) is 5.92 Å². The van der Waals surface area contributed by atoms with E-state index in [9.17, 15) is 5.11 Å². The lowest BCUT2D eigenvalue weighted by atomic mass is 9.91. The van der Waals surface area contributed by atoms with Gasteiger partial charge in [0.05, 0.1) is 5.60 Å². The van der Waals surface area contributed by atoms with Crippen LogP contribution < -0.4 is 0 Å². The Kier molecular flexibility index (Phi) is 1.63. The number of hydrogen-bond donors (Lipinski definition) is 1. The molecule has 0 fully saturated rings. The summed E-state index contributed by atoms with van der Waals surface area (Å²) in [5, 5.41) is 9.76. The Morgan fingerprint density at radius 2 is 2.00 bits per heavy atom. The zero-order valence-corrected chi connectivity index (χ0v) is 7.23. The molecule has 1 aliphatic carbocycles. The summed E-state index contributed by atoms with van der Waals surface area (Å²) in [6.45, 7) is 8.22. The highest BCUT2D eigenvalue weighted by molar-refractivity contribution is 5.24. The van der Waals surface area contributed by atoms with Gasteiger partial charge >= 0.3 is 0 Å². The Balaban J connectivity index is 2.87. The van der Waals surface area contributed by atoms with Gasteiger partial charge in [-0.2, -0.15) is 0 Å². The lowest BCUT2D eigenvalue weighted by molar-refractivity contribution is 0.0331. The van der Waals surface area contributed by atoms with Crippen LogP contribution in [0.2, 0.25) is 0 Å². The van der Waals surface area contributed by atoms with Crippen LogP contribution in [0.3, 0.4) is 0 Å². The average Bonchev–Trinajstić information content (AvgIpc) is 1.95. The summed E-state index contributed by atoms with van der Waals surface area (Å²) in [6, 6.07) is 0. The number of rotatable bonds is 0. The van der Waals surface area contributed by atoms with E-state index in [0.717, 1.165) is 6.42 Å². The molecular formula is C9H16O. The molecule has 0 saturated heterocycles. The molecule has 0 saturated carbocycles. The summed E-state index contributed by atoms with van der Waals surface area (Å²) < 4.78 is 0. The molecule has 0 aromatic carbocycles. The molecule has 0 bridgehead atoms. The van der Waals surface area contributed by atoms with Crippen LogP contribution in [-0.2, 0) is 0 Å². The summed E-state index contributed by atoms with van der Waals surface area (Å²) in [4.78, 5) is 0. The van der Waals surface area contributed by atoms with Gasteiger partial charge in [0, 0.05) is 5.92 Å². The predicted molar refractivity (Wildman–Crippen MR) is 42.8 cm³/mol. The van der Waals surface area contributed by atoms with Crippen molar-refractivity contribution in [2.75, 3.05) is 0 Å². The summed E-state index contributed by atoms with van der Waals surface area (Å²) >= 11 is 0. The van der Waals surface area contributed by atoms with E-state index in [0.29, 0.717) is 5.92 Å². The molecule has 1 aliphatic rings. The molecular weight excluding hydrogens is 124 g/mol. The zero-order valence-electron chi connectivity index (χ0n) is 7.23. The molecule has 1 rings (SSSR count). The van der Waals surface area contributed by atoms with Crippen LogP contribution >= 0.6 is 0 Å². The molecule has 1 N–H and O–H groups in total. The largest absolute Gasteiger partial charge is 0.389 e. The van der Waals surface area contributed by atoms with Crippen LogP contribution in [0.5, 0.6) is 0 Å². The molecule has 2 unspecified atom stereocenters. The summed E-state index contributed by atoms with van der Waals surface area (Å²) in [5.74, 6) is 0.340. The van der Waals surface area contributed by atoms with E-state index in [1.165, 1.54) is 11.1 Å². The van der Waals surface area contributed by atoms with Crippen LogP contribution in [-0.4, -0.2) is 10.7 Å². The van der Waals surface area contributed by atoms with Crippen molar-refractivity contribution in [2.24, 2.45) is 5.92 Å². The second-order valence-electron chi connectivity index (χ2n) is 3.72. The van der Waals surface area contributed by atoms with Gasteiger partial charge in [-0.05, 0) is 27.2 Å². The predicted octanol–water partition coefficient (Wildman–Crippen LogP) is 2.11. The highest BCUT2D eigenvalue weighted by Crippen LogP contribution is 2.38. The Bertz CT molecular complexity index is 177. The van der Waals surface area contributed by atoms with E-state index >= 15 is 0 Å². The third-order valence-corrected chi connectivity index (χ3v) is 2.88. The van der Waals surface area contributed by atoms with Gasteiger partial charge < -0.3 is 5.11 Å². The van der Waals surface area contributed by atoms with E-state index in [1.807, 2.05) is 6.92 Å². The molecule has 0 aliphatic heterocycles. The van der Waals surface area contributed by atoms with E-state index in [4.69, 9.17) is 0 Å². The quantitative estimate of drug-likeness (QED) is 0.511. The monoisotopic (exact) mass is 140 g/mol. The van der Waals surface area contributed by atoms with Crippen LogP contribution in [0.1, 0.15) is 34.1 Å². The Morgan fingerprint density at radius 3 is 2.10 bits per heavy atom. The third-order valence-electron chi connectivity index (χ3n) is 2.88. The lowest BCUT2D eigenvalue weighted by Crippen LogP contribution is -2.28. The van der Waals surface area contributed by atoms with Gasteiger partial charge in [0.25, 0.3) is 0 Å². The maximum atomic E-state index is 9.76. The van der Waals surface area contributed by atoms with Crippen molar-refractivity contribution >= 4 is 0 Å². The lowest BCUT2D eigenvalue weighted by Gasteiger charge is -2.23. The first kappa shape index (κ1) is 7.80. The van der Waals surface area contributed by atoms with Crippen molar-refractivity contribution < 1.29 is 5.11 Å². The van der Waals surface area contributed by atoms with Gasteiger partial charge in [-0.1, -0.05) is 18.1 Å². The van der Waals surface area contributed by atoms with E-state index < -0.39 is 5.60 Å². The molecule has 0 aromatic heterocycles. The second-order valence-corrected chi connectivity index (χ2v) is 3.72. The first-order valence-corrected chi connectivity index (χ1v) is 3.84. The number of hydrogen-bond acceptors (Lipinski definition) is 1. The Hall–Kier alpha value is -0.300. The summed E-state index contributed by atoms with van der Waals surface area (Å²) in [7, 11) is 0. The second kappa shape index (κ2) is 2.09. The van der Waals surface area contributed by atoms with Gasteiger partial charge in [0.15, 0.2) is 0 Å². The molecule has 0 spiro atoms. The molecule has 58 valence electrons. The molecule has 0 aromatic rings. The summed E-state index contributed by atoms with van der Waals surface area (Å²) in [5.41, 5.74) is 2.25. The van der Waals surface area contributed by atoms with Crippen molar-refractivity contribution in [1.29, 1.82) is 0 Å². The fourth-order valence-corrected chi connectivity index (χ4v) is 1.67. The Morgan fingerprint density at radius 1 is 1.50 bits per heavy atom. The third kappa shape index (κ3) is 0.988. The van der Waals surface area contributed by atoms with Crippen molar-refractivity contribution in [1.82, 2.24) is 0 Å². The summed E-state index contributed by atoms with van der Waals surface area (Å²) in [6.07, 6.45) is 0.847. The highest BCUT2D eigenvalue weighted by atomic mass is 16.3. The first-order chi connectivity index (χ1) is 4.45. The molecule has 0 heterocycles. The molecule has 2 atom stereocenters. The minimum absolute atomic E-state index is 0.340. The SMILES string of the molecule is CC1=C(C)C(C)C(C)(O)C1. The maximum absolute atomic E-state index is 9.76. The van der Waals surface area contributed by atoms with Gasteiger partial charge in [0.1, 0.15) is 0 Å². The topological polar surface area (TPSA) is 20.2 Å². The standard InChI is InChI=1S/C9H16O/c1-6-5-9(4,10)8(3)7(6)2/h8,10H,5H2,1-4H3. The number of aliphatic hydroxyl groups is 1. The molecule has 0 radical (unpaired) electrons. The van der Waals surface area contributed by atoms with Crippen LogP contribution in [0.4, 0.5) is 0 Å². The molecule has 10 heavy (non-hydrogen) atoms. The van der Waals surface area contributed by atoms with Gasteiger partial charge in [-0.25, -0.2) is 0 Å². The van der Waals surface area contributed by atoms with E-state index in [-0.39, 0.29) is 0 Å². The van der Waals surface area contributed by atoms with Crippen molar-refractivity contribution in [3.8, 4) is 0 Å². The fourth-order valence-electron chi connectivity index (χ4n) is 1.67. The molecule has 0 amide bonds. The highest BCUT2D eigenvalue weighted by Gasteiger charge is 2.35. The van der Waals surface area contributed by atoms with Crippen LogP contribution in [0.15, 0.2) is 11.1 Å². The molecule has 1 nitrogen and oxygen atoms in total. The van der Waals surface area contributed by atoms with Gasteiger partial charge in [-0.3, -0.25) is 0 Å². The van der Waals surface area contributed by atoms with Crippen LogP contribution in [0.25, 0.3) is 0 Å².